The lowest BCUT2D eigenvalue weighted by atomic mass is 10.1. The van der Waals surface area contributed by atoms with Gasteiger partial charge in [0.05, 0.1) is 37.3 Å². The number of nitrogens with one attached hydrogen (secondary N) is 1. The van der Waals surface area contributed by atoms with Crippen molar-refractivity contribution in [3.8, 4) is 11.4 Å². The zero-order valence-corrected chi connectivity index (χ0v) is 15.1. The van der Waals surface area contributed by atoms with Gasteiger partial charge in [0.25, 0.3) is 5.91 Å². The molecule has 0 unspecified atom stereocenters. The first kappa shape index (κ1) is 18.7. The molecule has 148 valence electrons. The maximum Gasteiger partial charge on any atom is 0.274 e. The first-order chi connectivity index (χ1) is 14.2. The van der Waals surface area contributed by atoms with Gasteiger partial charge in [0.1, 0.15) is 11.3 Å². The van der Waals surface area contributed by atoms with Gasteiger partial charge in [0.15, 0.2) is 5.82 Å². The van der Waals surface area contributed by atoms with E-state index in [0.29, 0.717) is 12.3 Å². The summed E-state index contributed by atoms with van der Waals surface area (Å²) in [4.78, 5) is 20.7. The van der Waals surface area contributed by atoms with Gasteiger partial charge in [-0.1, -0.05) is 11.2 Å². The third-order valence-corrected chi connectivity index (χ3v) is 4.16. The van der Waals surface area contributed by atoms with Gasteiger partial charge in [-0.05, 0) is 29.8 Å². The van der Waals surface area contributed by atoms with Crippen LogP contribution >= 0.6 is 0 Å². The summed E-state index contributed by atoms with van der Waals surface area (Å²) in [6.45, 7) is 0.502. The Morgan fingerprint density at radius 3 is 3.00 bits per heavy atom. The van der Waals surface area contributed by atoms with Crippen LogP contribution in [0.5, 0.6) is 0 Å². The number of carbonyl (C=O) groups excluding carboxylic acids is 1. The summed E-state index contributed by atoms with van der Waals surface area (Å²) in [6, 6.07) is 8.06. The molecule has 0 aliphatic heterocycles. The molecule has 0 bridgehead atoms. The van der Waals surface area contributed by atoms with E-state index in [4.69, 9.17) is 9.84 Å². The number of nitrogens with zero attached hydrogens (tertiary/aromatic N) is 4. The fourth-order valence-electron chi connectivity index (χ4n) is 2.81. The number of amides is 1. The predicted octanol–water partition coefficient (Wildman–Crippen LogP) is 2.28. The molecule has 0 saturated carbocycles. The molecule has 0 aliphatic rings. The third-order valence-electron chi connectivity index (χ3n) is 4.16. The third kappa shape index (κ3) is 3.84. The lowest BCUT2D eigenvalue weighted by Crippen LogP contribution is -2.15. The summed E-state index contributed by atoms with van der Waals surface area (Å²) in [5.74, 6) is -1.10. The highest BCUT2D eigenvalue weighted by molar-refractivity contribution is 6.03. The van der Waals surface area contributed by atoms with Gasteiger partial charge in [0.2, 0.25) is 12.2 Å². The number of benzene rings is 1. The molecule has 0 spiro atoms. The minimum atomic E-state index is -0.667. The quantitative estimate of drug-likeness (QED) is 0.460. The SMILES string of the molecule is O=C(Nc1cccc(-c2ncon2)c1F)c1cnc2cc(COCCO)ccn12. The number of aliphatic hydroxyl groups excluding tert-OH is 1. The molecular weight excluding hydrogens is 381 g/mol. The van der Waals surface area contributed by atoms with Gasteiger partial charge in [-0.25, -0.2) is 9.37 Å². The Hall–Kier alpha value is -3.63. The lowest BCUT2D eigenvalue weighted by Gasteiger charge is -2.08. The second-order valence-corrected chi connectivity index (χ2v) is 6.06. The number of imidazole rings is 1. The average Bonchev–Trinajstić information content (AvgIpc) is 3.39. The number of aliphatic hydroxyl groups is 1. The summed E-state index contributed by atoms with van der Waals surface area (Å²) in [6.07, 6.45) is 4.19. The van der Waals surface area contributed by atoms with Crippen LogP contribution in [-0.2, 0) is 11.3 Å². The molecule has 29 heavy (non-hydrogen) atoms. The summed E-state index contributed by atoms with van der Waals surface area (Å²) >= 11 is 0. The van der Waals surface area contributed by atoms with Gasteiger partial charge in [-0.2, -0.15) is 4.98 Å². The van der Waals surface area contributed by atoms with Crippen LogP contribution < -0.4 is 5.32 Å². The number of pyridine rings is 1. The predicted molar refractivity (Wildman–Crippen MR) is 99.6 cm³/mol. The van der Waals surface area contributed by atoms with E-state index in [-0.39, 0.29) is 36.0 Å². The Kier molecular flexibility index (Phi) is 5.27. The van der Waals surface area contributed by atoms with Gasteiger partial charge >= 0.3 is 0 Å². The second kappa shape index (κ2) is 8.17. The van der Waals surface area contributed by atoms with E-state index < -0.39 is 11.7 Å². The van der Waals surface area contributed by atoms with E-state index in [1.165, 1.54) is 18.3 Å². The van der Waals surface area contributed by atoms with Gasteiger partial charge in [0, 0.05) is 6.20 Å². The van der Waals surface area contributed by atoms with Crippen molar-refractivity contribution < 1.29 is 23.6 Å². The van der Waals surface area contributed by atoms with E-state index in [1.807, 2.05) is 0 Å². The van der Waals surface area contributed by atoms with Gasteiger partial charge in [-0.3, -0.25) is 9.20 Å². The molecule has 10 heteroatoms. The smallest absolute Gasteiger partial charge is 0.274 e. The molecule has 2 N–H and O–H groups in total. The van der Waals surface area contributed by atoms with E-state index in [1.54, 1.807) is 28.8 Å². The van der Waals surface area contributed by atoms with Crippen LogP contribution in [-0.4, -0.2) is 43.8 Å². The van der Waals surface area contributed by atoms with Crippen molar-refractivity contribution in [2.24, 2.45) is 0 Å². The number of rotatable bonds is 7. The minimum absolute atomic E-state index is 0.0127. The van der Waals surface area contributed by atoms with Crippen molar-refractivity contribution in [1.29, 1.82) is 0 Å². The van der Waals surface area contributed by atoms with E-state index in [9.17, 15) is 9.18 Å². The van der Waals surface area contributed by atoms with Gasteiger partial charge in [-0.15, -0.1) is 0 Å². The first-order valence-corrected chi connectivity index (χ1v) is 8.68. The Balaban J connectivity index is 1.56. The molecule has 0 saturated heterocycles. The number of fused-ring (bicyclic) bond motifs is 1. The Bertz CT molecular complexity index is 1140. The molecule has 3 aromatic heterocycles. The molecule has 3 heterocycles. The van der Waals surface area contributed by atoms with Crippen LogP contribution in [0.2, 0.25) is 0 Å². The van der Waals surface area contributed by atoms with Crippen LogP contribution in [0.15, 0.2) is 53.6 Å². The summed E-state index contributed by atoms with van der Waals surface area (Å²) < 4.78 is 26.3. The fraction of sp³-hybridized carbons (Fsp3) is 0.158. The molecule has 1 aromatic carbocycles. The Morgan fingerprint density at radius 2 is 2.21 bits per heavy atom. The normalized spacial score (nSPS) is 11.1. The molecule has 1 amide bonds. The van der Waals surface area contributed by atoms with Crippen molar-refractivity contribution in [1.82, 2.24) is 19.5 Å². The Labute approximate surface area is 163 Å². The van der Waals surface area contributed by atoms with Crippen LogP contribution in [0.1, 0.15) is 16.1 Å². The van der Waals surface area contributed by atoms with Crippen LogP contribution in [0.4, 0.5) is 10.1 Å². The van der Waals surface area contributed by atoms with Crippen molar-refractivity contribution >= 4 is 17.2 Å². The molecule has 0 atom stereocenters. The standard InChI is InChI=1S/C19H16FN5O4/c20-17-13(18-22-11-29-24-18)2-1-3-14(17)23-19(27)15-9-21-16-8-12(4-5-25(15)16)10-28-7-6-26/h1-5,8-9,11,26H,6-7,10H2,(H,23,27). The van der Waals surface area contributed by atoms with E-state index >= 15 is 0 Å². The number of carbonyl (C=O) groups is 1. The summed E-state index contributed by atoms with van der Waals surface area (Å²) in [7, 11) is 0. The van der Waals surface area contributed by atoms with Crippen LogP contribution in [0.25, 0.3) is 17.0 Å². The van der Waals surface area contributed by atoms with Crippen molar-refractivity contribution in [2.75, 3.05) is 18.5 Å². The second-order valence-electron chi connectivity index (χ2n) is 6.06. The molecule has 0 fully saturated rings. The monoisotopic (exact) mass is 397 g/mol. The highest BCUT2D eigenvalue weighted by Gasteiger charge is 2.18. The zero-order chi connectivity index (χ0) is 20.2. The van der Waals surface area contributed by atoms with Gasteiger partial charge < -0.3 is 19.7 Å². The number of hydrogen-bond acceptors (Lipinski definition) is 7. The number of aromatic nitrogens is 4. The maximum absolute atomic E-state index is 14.8. The summed E-state index contributed by atoms with van der Waals surface area (Å²) in [5, 5.41) is 14.9. The van der Waals surface area contributed by atoms with Crippen molar-refractivity contribution in [3.63, 3.8) is 0 Å². The fourth-order valence-corrected chi connectivity index (χ4v) is 2.81. The number of anilines is 1. The molecule has 4 aromatic rings. The topological polar surface area (TPSA) is 115 Å². The molecule has 0 aliphatic carbocycles. The number of halogens is 1. The van der Waals surface area contributed by atoms with E-state index in [2.05, 4.69) is 25.0 Å². The Morgan fingerprint density at radius 1 is 1.31 bits per heavy atom. The molecule has 4 rings (SSSR count). The average molecular weight is 397 g/mol. The minimum Gasteiger partial charge on any atom is -0.394 e. The molecule has 0 radical (unpaired) electrons. The lowest BCUT2D eigenvalue weighted by molar-refractivity contribution is 0.0815. The number of hydrogen-bond donors (Lipinski definition) is 2. The summed E-state index contributed by atoms with van der Waals surface area (Å²) in [5.41, 5.74) is 1.74. The highest BCUT2D eigenvalue weighted by Crippen LogP contribution is 2.25. The largest absolute Gasteiger partial charge is 0.394 e. The van der Waals surface area contributed by atoms with E-state index in [0.717, 1.165) is 12.0 Å². The van der Waals surface area contributed by atoms with Crippen LogP contribution in [0, 0.1) is 5.82 Å². The van der Waals surface area contributed by atoms with Crippen molar-refractivity contribution in [2.45, 2.75) is 6.61 Å². The van der Waals surface area contributed by atoms with Crippen molar-refractivity contribution in [3.05, 3.63) is 66.2 Å². The maximum atomic E-state index is 14.8. The number of ether oxygens (including phenoxy) is 1. The van der Waals surface area contributed by atoms with Crippen LogP contribution in [0.3, 0.4) is 0 Å². The zero-order valence-electron chi connectivity index (χ0n) is 15.1. The highest BCUT2D eigenvalue weighted by atomic mass is 19.1. The molecule has 9 nitrogen and oxygen atoms in total. The first-order valence-electron chi connectivity index (χ1n) is 8.68. The molecular formula is C19H16FN5O4.